The molecule has 52 heteroatoms. The minimum Gasteiger partial charge on any atom is -0.394 e. The van der Waals surface area contributed by atoms with Gasteiger partial charge in [0.2, 0.25) is 0 Å². The summed E-state index contributed by atoms with van der Waals surface area (Å²) in [5, 5.41) is 338. The van der Waals surface area contributed by atoms with E-state index in [4.69, 9.17) is 99.5 Å². The van der Waals surface area contributed by atoms with Gasteiger partial charge in [0.15, 0.2) is 69.2 Å². The number of rotatable bonds is 31. The molecule has 0 aromatic carbocycles. The average Bonchev–Trinajstić information content (AvgIpc) is 1.06. The predicted octanol–water partition coefficient (Wildman–Crippen LogP) is -22.4. The van der Waals surface area contributed by atoms with Crippen LogP contribution >= 0.6 is 0 Å². The molecular weight excluding hydrogens is 1580 g/mol. The molecule has 0 saturated carbocycles. The van der Waals surface area contributed by atoms with E-state index in [1.54, 1.807) is 0 Å². The molecule has 11 aliphatic rings. The molecule has 11 aliphatic heterocycles. The highest BCUT2D eigenvalue weighted by molar-refractivity contribution is 5.04. The van der Waals surface area contributed by atoms with E-state index < -0.39 is 386 Å². The fourth-order valence-electron chi connectivity index (χ4n) is 15.0. The van der Waals surface area contributed by atoms with Gasteiger partial charge < -0.3 is 258 Å². The van der Waals surface area contributed by atoms with Crippen LogP contribution in [0.1, 0.15) is 0 Å². The fraction of sp³-hybridized carbons (Fsp3) is 1.00. The maximum Gasteiger partial charge on any atom is 0.187 e. The van der Waals surface area contributed by atoms with Crippen LogP contribution in [0.2, 0.25) is 0 Å². The molecule has 0 spiro atoms. The number of ether oxygens (including phenoxy) is 21. The van der Waals surface area contributed by atoms with Crippen molar-refractivity contribution >= 4 is 0 Å². The number of hydrogen-bond donors (Lipinski definition) is 31. The number of aliphatic hydroxyl groups is 31. The van der Waals surface area contributed by atoms with Crippen molar-refractivity contribution < 1.29 is 258 Å². The molecule has 11 heterocycles. The summed E-state index contributed by atoms with van der Waals surface area (Å²) in [4.78, 5) is 0. The summed E-state index contributed by atoms with van der Waals surface area (Å²) in [6.07, 6.45) is -103. The molecular formula is C62H104O52. The Kier molecular flexibility index (Phi) is 32.5. The van der Waals surface area contributed by atoms with Gasteiger partial charge in [-0.1, -0.05) is 0 Å². The Balaban J connectivity index is 0.797. The first-order chi connectivity index (χ1) is 54.3. The number of hydrogen-bond acceptors (Lipinski definition) is 52. The highest BCUT2D eigenvalue weighted by atomic mass is 16.8. The van der Waals surface area contributed by atoms with Crippen LogP contribution in [0.4, 0.5) is 0 Å². The quantitative estimate of drug-likeness (QED) is 0.0306. The molecule has 51 atom stereocenters. The van der Waals surface area contributed by atoms with Gasteiger partial charge in [-0.15, -0.1) is 0 Å². The van der Waals surface area contributed by atoms with Crippen LogP contribution in [0, 0.1) is 0 Å². The van der Waals surface area contributed by atoms with Crippen molar-refractivity contribution in [1.29, 1.82) is 0 Å². The standard InChI is InChI=1S/C62H104O52/c63-1-12-23(73)28(78)36(86)57(97-12)106-43-16(5-67)100-58(37(87)29(43)79)107-44-17(6-68)101-59(38(88)30(44)80)108-45-18(7-69)102-60(39(89)31(45)81)109-47-20(9-71)103-62(41(91)50(47)113-54-33(83)25(75)14(3-65)98-54)111-48-21(10-72)104-61(42(92)51(48)114-55-34(84)26(76)15(4-66)99-55)110-46-19(8-70)95-52(93)40(90)49(46)112-56-35(85)27(77)22(105-56)11-94-53-32(82)24(74)13(2-64)96-53/h12-93H,1-11H2/t12-,13+,14+,15+,16-,17-,18-,19-,20-,21-,22+,23+,24+,25+,26+,27+,28+,29-,30-,31-,32-,33-,34-,35-,36-,37-,38-,39-,40-,41-,42-,43+,44+,45+,46+,47+,48+,49-,50-,51-,52-,53-,54+,55+,56+,57+,58+,59+,60+,61+,62+/m1/s1. The molecule has 0 aliphatic carbocycles. The van der Waals surface area contributed by atoms with E-state index in [0.29, 0.717) is 0 Å². The van der Waals surface area contributed by atoms with Gasteiger partial charge in [0.25, 0.3) is 0 Å². The lowest BCUT2D eigenvalue weighted by atomic mass is 9.94. The summed E-state index contributed by atoms with van der Waals surface area (Å²) < 4.78 is 121. The van der Waals surface area contributed by atoms with Crippen LogP contribution in [0.5, 0.6) is 0 Å². The molecule has 11 fully saturated rings. The Bertz CT molecular complexity index is 2890. The van der Waals surface area contributed by atoms with Crippen molar-refractivity contribution in [2.75, 3.05) is 72.7 Å². The first-order valence-electron chi connectivity index (χ1n) is 36.4. The molecule has 0 unspecified atom stereocenters. The first kappa shape index (κ1) is 92.6. The van der Waals surface area contributed by atoms with Crippen LogP contribution < -0.4 is 0 Å². The molecule has 11 rings (SSSR count). The molecule has 52 nitrogen and oxygen atoms in total. The minimum absolute atomic E-state index is 0.707. The van der Waals surface area contributed by atoms with E-state index in [1.165, 1.54) is 0 Å². The van der Waals surface area contributed by atoms with E-state index in [9.17, 15) is 158 Å². The molecule has 0 aromatic heterocycles. The van der Waals surface area contributed by atoms with Crippen molar-refractivity contribution in [3.63, 3.8) is 0 Å². The SMILES string of the molecule is OC[C@@H]1O[C@@H](OC[C@@H]2O[C@@H](O[C@@H]3[C@@H](O)[C@H](O)O[C@H](CO)[C@@H]3O[C@@H]3O[C@H](CO)[C@H](O[C@@H]4O[C@H](CO)[C@H](O[C@@H]5O[C@H](CO)[C@H](O[C@@H]6O[C@H](CO)[C@H](O[C@@H]7O[C@H](CO)[C@H](O[C@@H]8O[C@H](CO)[C@H](O)[C@H](O)[C@H]8O)[C@H](O)[C@H]7O)[C@H](O)[C@H]6O)[C@H](O)[C@H]5O)[C@H](O[C@@H]5O[C@@H](CO)[C@H](O)[C@H]5O)[C@H]4O)[C@H](O[C@@H]4O[C@@H](CO)[C@H](O)[C@H]4O)[C@H]3O)[C@H](O)[C@H]2O)[C@H](O)[C@H]1O. The third-order valence-electron chi connectivity index (χ3n) is 21.6. The molecule has 11 saturated heterocycles. The van der Waals surface area contributed by atoms with Crippen molar-refractivity contribution in [3.05, 3.63) is 0 Å². The molecule has 0 aromatic rings. The van der Waals surface area contributed by atoms with Gasteiger partial charge in [-0.2, -0.15) is 0 Å². The van der Waals surface area contributed by atoms with Gasteiger partial charge >= 0.3 is 0 Å². The largest absolute Gasteiger partial charge is 0.394 e. The lowest BCUT2D eigenvalue weighted by molar-refractivity contribution is -0.408. The van der Waals surface area contributed by atoms with E-state index in [0.717, 1.165) is 0 Å². The Hall–Kier alpha value is -2.08. The monoisotopic (exact) mass is 1680 g/mol. The van der Waals surface area contributed by atoms with Gasteiger partial charge in [0, 0.05) is 0 Å². The van der Waals surface area contributed by atoms with Crippen molar-refractivity contribution in [2.45, 2.75) is 313 Å². The molecule has 0 amide bonds. The molecule has 0 radical (unpaired) electrons. The zero-order valence-electron chi connectivity index (χ0n) is 59.7. The second-order valence-electron chi connectivity index (χ2n) is 28.9. The Morgan fingerprint density at radius 2 is 0.333 bits per heavy atom. The molecule has 31 N–H and O–H groups in total. The number of aliphatic hydroxyl groups excluding tert-OH is 31. The minimum atomic E-state index is -2.51. The third-order valence-corrected chi connectivity index (χ3v) is 21.6. The van der Waals surface area contributed by atoms with Crippen LogP contribution in [0.3, 0.4) is 0 Å². The van der Waals surface area contributed by atoms with Crippen LogP contribution in [-0.4, -0.2) is 544 Å². The summed E-state index contributed by atoms with van der Waals surface area (Å²) in [7, 11) is 0. The van der Waals surface area contributed by atoms with Gasteiger partial charge in [-0.05, 0) is 0 Å². The highest BCUT2D eigenvalue weighted by Gasteiger charge is 2.63. The second-order valence-corrected chi connectivity index (χ2v) is 28.9. The normalized spacial score (nSPS) is 53.7. The zero-order valence-corrected chi connectivity index (χ0v) is 59.7. The lowest BCUT2D eigenvalue weighted by Crippen LogP contribution is -2.69. The summed E-state index contributed by atoms with van der Waals surface area (Å²) in [5.74, 6) is 0. The Morgan fingerprint density at radius 3 is 0.632 bits per heavy atom. The Labute approximate surface area is 642 Å². The Morgan fingerprint density at radius 1 is 0.149 bits per heavy atom. The van der Waals surface area contributed by atoms with Gasteiger partial charge in [0.05, 0.1) is 72.7 Å². The summed E-state index contributed by atoms with van der Waals surface area (Å²) in [6, 6.07) is 0. The van der Waals surface area contributed by atoms with Crippen LogP contribution in [-0.2, 0) is 99.5 Å². The van der Waals surface area contributed by atoms with Gasteiger partial charge in [0.1, 0.15) is 244 Å². The highest BCUT2D eigenvalue weighted by Crippen LogP contribution is 2.42. The van der Waals surface area contributed by atoms with E-state index in [-0.39, 0.29) is 0 Å². The lowest BCUT2D eigenvalue weighted by Gasteiger charge is -2.51. The third kappa shape index (κ3) is 18.9. The average molecular weight is 1680 g/mol. The van der Waals surface area contributed by atoms with Crippen molar-refractivity contribution in [3.8, 4) is 0 Å². The topological polar surface area (TPSA) is 821 Å². The summed E-state index contributed by atoms with van der Waals surface area (Å²) in [6.45, 7) is -11.3. The van der Waals surface area contributed by atoms with Crippen LogP contribution in [0.15, 0.2) is 0 Å². The van der Waals surface area contributed by atoms with E-state index >= 15 is 0 Å². The van der Waals surface area contributed by atoms with Crippen LogP contribution in [0.25, 0.3) is 0 Å². The van der Waals surface area contributed by atoms with Crippen molar-refractivity contribution in [1.82, 2.24) is 0 Å². The summed E-state index contributed by atoms with van der Waals surface area (Å²) in [5.41, 5.74) is 0. The predicted molar refractivity (Wildman–Crippen MR) is 338 cm³/mol. The second kappa shape index (κ2) is 40.1. The zero-order chi connectivity index (χ0) is 83.1. The molecule has 114 heavy (non-hydrogen) atoms. The summed E-state index contributed by atoms with van der Waals surface area (Å²) >= 11 is 0. The van der Waals surface area contributed by atoms with E-state index in [1.807, 2.05) is 0 Å². The van der Waals surface area contributed by atoms with Gasteiger partial charge in [-0.25, -0.2) is 0 Å². The molecule has 664 valence electrons. The van der Waals surface area contributed by atoms with Crippen molar-refractivity contribution in [2.24, 2.45) is 0 Å². The van der Waals surface area contributed by atoms with Gasteiger partial charge in [-0.3, -0.25) is 0 Å². The first-order valence-corrected chi connectivity index (χ1v) is 36.4. The fourth-order valence-corrected chi connectivity index (χ4v) is 15.0. The smallest absolute Gasteiger partial charge is 0.187 e. The maximum absolute atomic E-state index is 12.5. The molecule has 0 bridgehead atoms. The maximum atomic E-state index is 12.5. The van der Waals surface area contributed by atoms with E-state index in [2.05, 4.69) is 0 Å².